The molecule has 0 saturated carbocycles. The maximum absolute atomic E-state index is 5.99. The van der Waals surface area contributed by atoms with Gasteiger partial charge in [0.1, 0.15) is 18.1 Å². The minimum Gasteiger partial charge on any atom is -0.497 e. The molecule has 5 rings (SSSR count). The van der Waals surface area contributed by atoms with Crippen molar-refractivity contribution in [2.24, 2.45) is 10.1 Å². The van der Waals surface area contributed by atoms with Crippen LogP contribution in [0.4, 0.5) is 5.69 Å². The van der Waals surface area contributed by atoms with Crippen molar-refractivity contribution in [1.29, 1.82) is 0 Å². The summed E-state index contributed by atoms with van der Waals surface area (Å²) in [5, 5.41) is 6.91. The van der Waals surface area contributed by atoms with E-state index in [1.54, 1.807) is 18.4 Å². The first kappa shape index (κ1) is 23.3. The Balaban J connectivity index is 1.46. The van der Waals surface area contributed by atoms with Crippen LogP contribution in [-0.2, 0) is 6.61 Å². The van der Waals surface area contributed by atoms with E-state index >= 15 is 0 Å². The minimum absolute atomic E-state index is 0.518. The van der Waals surface area contributed by atoms with Gasteiger partial charge in [0, 0.05) is 10.9 Å². The Morgan fingerprint density at radius 3 is 2.31 bits per heavy atom. The topological polar surface area (TPSA) is 48.1 Å². The van der Waals surface area contributed by atoms with Crippen LogP contribution in [0.15, 0.2) is 125 Å². The van der Waals surface area contributed by atoms with E-state index in [0.29, 0.717) is 6.61 Å². The van der Waals surface area contributed by atoms with Gasteiger partial charge in [-0.05, 0) is 47.5 Å². The zero-order valence-corrected chi connectivity index (χ0v) is 20.6. The number of rotatable bonds is 8. The number of nitrogens with zero attached hydrogens (tertiary/aromatic N) is 3. The summed E-state index contributed by atoms with van der Waals surface area (Å²) in [6, 6.07) is 35.9. The van der Waals surface area contributed by atoms with Crippen molar-refractivity contribution >= 4 is 23.2 Å². The molecule has 0 atom stereocenters. The summed E-state index contributed by atoms with van der Waals surface area (Å²) in [7, 11) is 1.65. The molecule has 0 amide bonds. The van der Waals surface area contributed by atoms with Gasteiger partial charge in [0.05, 0.1) is 24.7 Å². The molecule has 0 fully saturated rings. The first-order chi connectivity index (χ1) is 17.8. The number of hydrogen-bond donors (Lipinski definition) is 0. The molecule has 0 spiro atoms. The lowest BCUT2D eigenvalue weighted by Gasteiger charge is -2.07. The molecular formula is C30H25N3O2S. The Hall–Kier alpha value is -4.42. The van der Waals surface area contributed by atoms with Gasteiger partial charge in [0.2, 0.25) is 4.80 Å². The van der Waals surface area contributed by atoms with Crippen molar-refractivity contribution < 1.29 is 9.47 Å². The zero-order valence-electron chi connectivity index (χ0n) is 19.8. The maximum Gasteiger partial charge on any atom is 0.211 e. The normalized spacial score (nSPS) is 11.6. The Bertz CT molecular complexity index is 1510. The lowest BCUT2D eigenvalue weighted by molar-refractivity contribution is 0.306. The van der Waals surface area contributed by atoms with Gasteiger partial charge < -0.3 is 9.47 Å². The van der Waals surface area contributed by atoms with Crippen molar-refractivity contribution in [3.05, 3.63) is 131 Å². The Kier molecular flexibility index (Phi) is 7.35. The molecule has 1 aromatic heterocycles. The van der Waals surface area contributed by atoms with E-state index in [1.807, 2.05) is 95.8 Å². The van der Waals surface area contributed by atoms with Gasteiger partial charge in [0.15, 0.2) is 0 Å². The van der Waals surface area contributed by atoms with E-state index in [1.165, 1.54) is 0 Å². The molecule has 0 aliphatic carbocycles. The lowest BCUT2D eigenvalue weighted by Crippen LogP contribution is -2.11. The van der Waals surface area contributed by atoms with E-state index in [0.717, 1.165) is 44.4 Å². The number of aromatic nitrogens is 1. The first-order valence-electron chi connectivity index (χ1n) is 11.5. The van der Waals surface area contributed by atoms with Crippen LogP contribution in [0.3, 0.4) is 0 Å². The van der Waals surface area contributed by atoms with Crippen LogP contribution in [0, 0.1) is 0 Å². The van der Waals surface area contributed by atoms with E-state index in [4.69, 9.17) is 19.6 Å². The number of benzene rings is 4. The van der Waals surface area contributed by atoms with E-state index in [9.17, 15) is 0 Å². The highest BCUT2D eigenvalue weighted by Gasteiger charge is 2.07. The smallest absolute Gasteiger partial charge is 0.211 e. The third-order valence-electron chi connectivity index (χ3n) is 5.48. The summed E-state index contributed by atoms with van der Waals surface area (Å²) in [5.41, 5.74) is 4.94. The maximum atomic E-state index is 5.99. The third kappa shape index (κ3) is 5.79. The van der Waals surface area contributed by atoms with Gasteiger partial charge in [-0.3, -0.25) is 0 Å². The van der Waals surface area contributed by atoms with Crippen LogP contribution in [-0.4, -0.2) is 18.0 Å². The predicted molar refractivity (Wildman–Crippen MR) is 146 cm³/mol. The Morgan fingerprint density at radius 2 is 1.56 bits per heavy atom. The molecule has 178 valence electrons. The van der Waals surface area contributed by atoms with Gasteiger partial charge in [-0.1, -0.05) is 72.8 Å². The van der Waals surface area contributed by atoms with E-state index in [2.05, 4.69) is 29.6 Å². The summed E-state index contributed by atoms with van der Waals surface area (Å²) in [6.45, 7) is 0.518. The molecule has 0 unspecified atom stereocenters. The molecule has 0 N–H and O–H groups in total. The molecule has 6 heteroatoms. The molecule has 0 radical (unpaired) electrons. The highest BCUT2D eigenvalue weighted by atomic mass is 32.1. The van der Waals surface area contributed by atoms with Gasteiger partial charge in [0.25, 0.3) is 0 Å². The highest BCUT2D eigenvalue weighted by Crippen LogP contribution is 2.22. The monoisotopic (exact) mass is 491 g/mol. The summed E-state index contributed by atoms with van der Waals surface area (Å²) < 4.78 is 13.1. The summed E-state index contributed by atoms with van der Waals surface area (Å²) in [4.78, 5) is 5.61. The van der Waals surface area contributed by atoms with Crippen molar-refractivity contribution in [2.45, 2.75) is 6.61 Å². The van der Waals surface area contributed by atoms with Crippen LogP contribution in [0.1, 0.15) is 11.1 Å². The molecule has 36 heavy (non-hydrogen) atoms. The van der Waals surface area contributed by atoms with Crippen LogP contribution in [0.5, 0.6) is 11.5 Å². The predicted octanol–water partition coefficient (Wildman–Crippen LogP) is 6.92. The van der Waals surface area contributed by atoms with Crippen LogP contribution in [0.25, 0.3) is 11.3 Å². The van der Waals surface area contributed by atoms with Crippen molar-refractivity contribution in [1.82, 2.24) is 4.68 Å². The van der Waals surface area contributed by atoms with Crippen LogP contribution < -0.4 is 14.3 Å². The number of thiazole rings is 1. The minimum atomic E-state index is 0.518. The first-order valence-corrected chi connectivity index (χ1v) is 12.4. The molecule has 0 aliphatic heterocycles. The molecule has 5 nitrogen and oxygen atoms in total. The van der Waals surface area contributed by atoms with Crippen molar-refractivity contribution in [2.75, 3.05) is 7.11 Å². The third-order valence-corrected chi connectivity index (χ3v) is 6.30. The standard InChI is InChI=1S/C30H25N3O2S/c1-34-27-17-15-26(16-18-27)32-30-33(29(22-36-30)25-12-6-3-7-13-25)31-20-24-11-8-14-28(19-24)35-21-23-9-4-2-5-10-23/h2-20,22H,21H2,1H3. The largest absolute Gasteiger partial charge is 0.497 e. The van der Waals surface area contributed by atoms with Gasteiger partial charge >= 0.3 is 0 Å². The van der Waals surface area contributed by atoms with Crippen molar-refractivity contribution in [3.63, 3.8) is 0 Å². The van der Waals surface area contributed by atoms with Gasteiger partial charge in [-0.15, -0.1) is 11.3 Å². The van der Waals surface area contributed by atoms with Crippen LogP contribution >= 0.6 is 11.3 Å². The molecule has 4 aromatic carbocycles. The van der Waals surface area contributed by atoms with Crippen LogP contribution in [0.2, 0.25) is 0 Å². The fraction of sp³-hybridized carbons (Fsp3) is 0.0667. The quantitative estimate of drug-likeness (QED) is 0.221. The number of ether oxygens (including phenoxy) is 2. The van der Waals surface area contributed by atoms with Crippen molar-refractivity contribution in [3.8, 4) is 22.8 Å². The molecule has 5 aromatic rings. The zero-order chi connectivity index (χ0) is 24.6. The average Bonchev–Trinajstić information content (AvgIpc) is 3.34. The SMILES string of the molecule is COc1ccc(N=c2scc(-c3ccccc3)n2N=Cc2cccc(OCc3ccccc3)c2)cc1. The Morgan fingerprint density at radius 1 is 0.806 bits per heavy atom. The molecule has 0 aliphatic rings. The Labute approximate surface area is 214 Å². The number of methoxy groups -OCH3 is 1. The van der Waals surface area contributed by atoms with Gasteiger partial charge in [-0.2, -0.15) is 5.10 Å². The number of hydrogen-bond acceptors (Lipinski definition) is 5. The summed E-state index contributed by atoms with van der Waals surface area (Å²) in [5.74, 6) is 1.59. The second-order valence-electron chi connectivity index (χ2n) is 7.98. The molecule has 0 saturated heterocycles. The van der Waals surface area contributed by atoms with E-state index in [-0.39, 0.29) is 0 Å². The molecule has 0 bridgehead atoms. The van der Waals surface area contributed by atoms with Gasteiger partial charge in [-0.25, -0.2) is 9.67 Å². The second-order valence-corrected chi connectivity index (χ2v) is 8.82. The summed E-state index contributed by atoms with van der Waals surface area (Å²) in [6.07, 6.45) is 1.83. The fourth-order valence-electron chi connectivity index (χ4n) is 3.61. The highest BCUT2D eigenvalue weighted by molar-refractivity contribution is 7.07. The lowest BCUT2D eigenvalue weighted by atomic mass is 10.2. The van der Waals surface area contributed by atoms with E-state index < -0.39 is 0 Å². The molecule has 1 heterocycles. The fourth-order valence-corrected chi connectivity index (χ4v) is 4.47. The average molecular weight is 492 g/mol. The second kappa shape index (κ2) is 11.3. The summed E-state index contributed by atoms with van der Waals surface area (Å²) >= 11 is 1.55. The molecular weight excluding hydrogens is 466 g/mol.